The van der Waals surface area contributed by atoms with E-state index in [1.165, 1.54) is 0 Å². The molecule has 2 fully saturated rings. The zero-order chi connectivity index (χ0) is 11.6. The first-order valence-corrected chi connectivity index (χ1v) is 5.80. The van der Waals surface area contributed by atoms with Gasteiger partial charge in [-0.05, 0) is 32.2 Å². The molecule has 1 aliphatic heterocycles. The Morgan fingerprint density at radius 1 is 1.56 bits per heavy atom. The van der Waals surface area contributed by atoms with E-state index in [0.29, 0.717) is 13.2 Å². The highest BCUT2D eigenvalue weighted by Gasteiger charge is 2.51. The molecular weight excluding hydrogens is 210 g/mol. The van der Waals surface area contributed by atoms with Gasteiger partial charge in [0.05, 0.1) is 19.3 Å². The van der Waals surface area contributed by atoms with Crippen LogP contribution in [0.25, 0.3) is 0 Å². The first-order chi connectivity index (χ1) is 7.69. The van der Waals surface area contributed by atoms with Gasteiger partial charge < -0.3 is 19.9 Å². The monoisotopic (exact) mass is 229 g/mol. The smallest absolute Gasteiger partial charge is 0.326 e. The van der Waals surface area contributed by atoms with Crippen molar-refractivity contribution in [3.8, 4) is 0 Å². The summed E-state index contributed by atoms with van der Waals surface area (Å²) < 4.78 is 10.9. The van der Waals surface area contributed by atoms with Crippen LogP contribution >= 0.6 is 0 Å². The van der Waals surface area contributed by atoms with Crippen LogP contribution in [0.1, 0.15) is 19.3 Å². The predicted molar refractivity (Wildman–Crippen MR) is 57.3 cm³/mol. The molecule has 2 aliphatic rings. The molecule has 0 aromatic carbocycles. The van der Waals surface area contributed by atoms with Crippen LogP contribution in [0, 0.1) is 5.92 Å². The van der Waals surface area contributed by atoms with Gasteiger partial charge in [-0.2, -0.15) is 0 Å². The van der Waals surface area contributed by atoms with Crippen molar-refractivity contribution in [2.45, 2.75) is 30.9 Å². The average Bonchev–Trinajstić information content (AvgIpc) is 2.97. The Hall–Kier alpha value is -0.650. The van der Waals surface area contributed by atoms with Crippen LogP contribution in [-0.2, 0) is 14.3 Å². The number of hydrogen-bond donors (Lipinski definition) is 2. The maximum absolute atomic E-state index is 11.4. The summed E-state index contributed by atoms with van der Waals surface area (Å²) in [5, 5.41) is 12.3. The lowest BCUT2D eigenvalue weighted by atomic mass is 9.94. The Balaban J connectivity index is 1.93. The summed E-state index contributed by atoms with van der Waals surface area (Å²) in [5.41, 5.74) is -0.900. The fourth-order valence-electron chi connectivity index (χ4n) is 2.21. The average molecular weight is 229 g/mol. The number of likely N-dealkylation sites (N-methyl/N-ethyl adjacent to an activating group) is 1. The second-order valence-electron chi connectivity index (χ2n) is 4.60. The van der Waals surface area contributed by atoms with E-state index in [2.05, 4.69) is 5.32 Å². The number of hydrogen-bond acceptors (Lipinski definition) is 4. The van der Waals surface area contributed by atoms with Crippen molar-refractivity contribution in [2.24, 2.45) is 5.92 Å². The molecule has 16 heavy (non-hydrogen) atoms. The van der Waals surface area contributed by atoms with Gasteiger partial charge in [-0.3, -0.25) is 4.79 Å². The van der Waals surface area contributed by atoms with Crippen LogP contribution in [0.3, 0.4) is 0 Å². The van der Waals surface area contributed by atoms with Gasteiger partial charge in [0, 0.05) is 6.61 Å². The molecule has 1 aliphatic carbocycles. The van der Waals surface area contributed by atoms with Crippen LogP contribution in [0.15, 0.2) is 0 Å². The third-order valence-electron chi connectivity index (χ3n) is 3.54. The number of carboxylic acid groups (broad SMARTS) is 1. The fourth-order valence-corrected chi connectivity index (χ4v) is 2.21. The van der Waals surface area contributed by atoms with Gasteiger partial charge in [-0.1, -0.05) is 0 Å². The van der Waals surface area contributed by atoms with Gasteiger partial charge >= 0.3 is 5.97 Å². The normalized spacial score (nSPS) is 28.9. The Morgan fingerprint density at radius 3 is 2.75 bits per heavy atom. The molecular formula is C11H19NO4. The molecule has 0 aromatic heterocycles. The van der Waals surface area contributed by atoms with Crippen molar-refractivity contribution < 1.29 is 19.4 Å². The van der Waals surface area contributed by atoms with Crippen molar-refractivity contribution in [1.82, 2.24) is 5.32 Å². The molecule has 92 valence electrons. The summed E-state index contributed by atoms with van der Waals surface area (Å²) in [7, 11) is 1.70. The lowest BCUT2D eigenvalue weighted by Crippen LogP contribution is -2.56. The molecule has 1 saturated heterocycles. The third-order valence-corrected chi connectivity index (χ3v) is 3.54. The Bertz CT molecular complexity index is 261. The van der Waals surface area contributed by atoms with Crippen LogP contribution < -0.4 is 5.32 Å². The topological polar surface area (TPSA) is 67.8 Å². The molecule has 2 unspecified atom stereocenters. The number of carbonyl (C=O) groups is 1. The summed E-state index contributed by atoms with van der Waals surface area (Å²) >= 11 is 0. The van der Waals surface area contributed by atoms with Crippen LogP contribution in [0.4, 0.5) is 0 Å². The minimum atomic E-state index is -0.900. The molecule has 1 saturated carbocycles. The molecule has 0 spiro atoms. The third kappa shape index (κ3) is 2.21. The number of carboxylic acids is 1. The molecule has 2 N–H and O–H groups in total. The minimum Gasteiger partial charge on any atom is -0.480 e. The standard InChI is InChI=1S/C11H19NO4/c1-12-11(10(13)14,8-2-3-8)7-16-9-4-5-15-6-9/h8-9,12H,2-7H2,1H3,(H,13,14). The van der Waals surface area contributed by atoms with E-state index < -0.39 is 11.5 Å². The summed E-state index contributed by atoms with van der Waals surface area (Å²) in [4.78, 5) is 11.4. The van der Waals surface area contributed by atoms with Crippen molar-refractivity contribution in [3.63, 3.8) is 0 Å². The quantitative estimate of drug-likeness (QED) is 0.683. The molecule has 2 atom stereocenters. The van der Waals surface area contributed by atoms with Crippen LogP contribution in [0.5, 0.6) is 0 Å². The highest BCUT2D eigenvalue weighted by molar-refractivity contribution is 5.80. The minimum absolute atomic E-state index is 0.0609. The summed E-state index contributed by atoms with van der Waals surface area (Å²) in [6.07, 6.45) is 2.87. The number of aliphatic carboxylic acids is 1. The maximum Gasteiger partial charge on any atom is 0.326 e. The lowest BCUT2D eigenvalue weighted by molar-refractivity contribution is -0.150. The van der Waals surface area contributed by atoms with Gasteiger partial charge in [-0.15, -0.1) is 0 Å². The number of ether oxygens (including phenoxy) is 2. The van der Waals surface area contributed by atoms with Gasteiger partial charge in [-0.25, -0.2) is 0 Å². The highest BCUT2D eigenvalue weighted by Crippen LogP contribution is 2.40. The van der Waals surface area contributed by atoms with Crippen molar-refractivity contribution in [2.75, 3.05) is 26.9 Å². The van der Waals surface area contributed by atoms with E-state index in [9.17, 15) is 9.90 Å². The molecule has 2 rings (SSSR count). The van der Waals surface area contributed by atoms with E-state index in [0.717, 1.165) is 19.3 Å². The molecule has 5 heteroatoms. The Morgan fingerprint density at radius 2 is 2.31 bits per heavy atom. The second kappa shape index (κ2) is 4.69. The molecule has 1 heterocycles. The van der Waals surface area contributed by atoms with Crippen molar-refractivity contribution in [1.29, 1.82) is 0 Å². The number of rotatable bonds is 6. The lowest BCUT2D eigenvalue weighted by Gasteiger charge is -2.29. The van der Waals surface area contributed by atoms with Gasteiger partial charge in [0.1, 0.15) is 5.54 Å². The van der Waals surface area contributed by atoms with E-state index in [-0.39, 0.29) is 18.6 Å². The Labute approximate surface area is 95.1 Å². The predicted octanol–water partition coefficient (Wildman–Crippen LogP) is 0.245. The van der Waals surface area contributed by atoms with Gasteiger partial charge in [0.25, 0.3) is 0 Å². The molecule has 0 aromatic rings. The van der Waals surface area contributed by atoms with Gasteiger partial charge in [0.15, 0.2) is 0 Å². The number of nitrogens with one attached hydrogen (secondary N) is 1. The first-order valence-electron chi connectivity index (χ1n) is 5.80. The molecule has 0 amide bonds. The van der Waals surface area contributed by atoms with E-state index >= 15 is 0 Å². The van der Waals surface area contributed by atoms with E-state index in [1.807, 2.05) is 0 Å². The van der Waals surface area contributed by atoms with Crippen LogP contribution in [0.2, 0.25) is 0 Å². The summed E-state index contributed by atoms with van der Waals surface area (Å²) in [6, 6.07) is 0. The van der Waals surface area contributed by atoms with E-state index in [1.54, 1.807) is 7.05 Å². The van der Waals surface area contributed by atoms with Gasteiger partial charge in [0.2, 0.25) is 0 Å². The second-order valence-corrected chi connectivity index (χ2v) is 4.60. The van der Waals surface area contributed by atoms with Crippen molar-refractivity contribution >= 4 is 5.97 Å². The first kappa shape index (κ1) is 11.8. The maximum atomic E-state index is 11.4. The van der Waals surface area contributed by atoms with Crippen LogP contribution in [-0.4, -0.2) is 49.6 Å². The summed E-state index contributed by atoms with van der Waals surface area (Å²) in [5.74, 6) is -0.603. The Kier molecular flexibility index (Phi) is 3.47. The molecule has 0 radical (unpaired) electrons. The van der Waals surface area contributed by atoms with E-state index in [4.69, 9.17) is 9.47 Å². The molecule has 5 nitrogen and oxygen atoms in total. The zero-order valence-corrected chi connectivity index (χ0v) is 9.57. The summed E-state index contributed by atoms with van der Waals surface area (Å²) in [6.45, 7) is 1.54. The largest absolute Gasteiger partial charge is 0.480 e. The highest BCUT2D eigenvalue weighted by atomic mass is 16.5. The molecule has 0 bridgehead atoms. The zero-order valence-electron chi connectivity index (χ0n) is 9.57. The van der Waals surface area contributed by atoms with Crippen molar-refractivity contribution in [3.05, 3.63) is 0 Å². The SMILES string of the molecule is CNC(COC1CCOC1)(C(=O)O)C1CC1. The fraction of sp³-hybridized carbons (Fsp3) is 0.909.